The topological polar surface area (TPSA) is 52.6 Å². The lowest BCUT2D eigenvalue weighted by atomic mass is 9.73. The molecule has 2 atom stereocenters. The number of esters is 2. The number of alkyl halides is 2. The summed E-state index contributed by atoms with van der Waals surface area (Å²) in [7, 11) is 2.57. The number of ether oxygens (including phenoxy) is 2. The van der Waals surface area contributed by atoms with Crippen LogP contribution in [0.5, 0.6) is 0 Å². The maximum Gasteiger partial charge on any atom is 0.324 e. The van der Waals surface area contributed by atoms with Gasteiger partial charge in [-0.2, -0.15) is 0 Å². The van der Waals surface area contributed by atoms with E-state index >= 15 is 0 Å². The highest BCUT2D eigenvalue weighted by Crippen LogP contribution is 2.55. The van der Waals surface area contributed by atoms with Crippen LogP contribution >= 0.6 is 31.9 Å². The van der Waals surface area contributed by atoms with Crippen LogP contribution in [0, 0.1) is 0 Å². The number of rotatable bonds is 2. The molecule has 0 aromatic heterocycles. The van der Waals surface area contributed by atoms with E-state index < -0.39 is 20.6 Å². The summed E-state index contributed by atoms with van der Waals surface area (Å²) in [5, 5.41) is 0. The number of carbonyl (C=O) groups is 2. The van der Waals surface area contributed by atoms with Gasteiger partial charge in [-0.05, 0) is 12.8 Å². The van der Waals surface area contributed by atoms with Crippen molar-refractivity contribution < 1.29 is 19.1 Å². The Hall–Kier alpha value is -0.100. The molecule has 1 aliphatic carbocycles. The maximum absolute atomic E-state index is 11.4. The van der Waals surface area contributed by atoms with Crippen molar-refractivity contribution in [2.45, 2.75) is 21.5 Å². The molecule has 4 nitrogen and oxygen atoms in total. The van der Waals surface area contributed by atoms with Crippen LogP contribution in [0.3, 0.4) is 0 Å². The van der Waals surface area contributed by atoms with Gasteiger partial charge in [0.25, 0.3) is 0 Å². The van der Waals surface area contributed by atoms with E-state index in [1.54, 1.807) is 0 Å². The average molecular weight is 330 g/mol. The van der Waals surface area contributed by atoms with Crippen LogP contribution in [0.25, 0.3) is 0 Å². The normalized spacial score (nSPS) is 35.7. The Morgan fingerprint density at radius 1 is 1.00 bits per heavy atom. The summed E-state index contributed by atoms with van der Waals surface area (Å²) in [6, 6.07) is 0. The van der Waals surface area contributed by atoms with E-state index in [0.29, 0.717) is 12.8 Å². The molecule has 1 rings (SSSR count). The fourth-order valence-corrected chi connectivity index (χ4v) is 2.86. The zero-order valence-corrected chi connectivity index (χ0v) is 11.0. The minimum Gasteiger partial charge on any atom is -0.468 e. The molecule has 0 aromatic carbocycles. The van der Waals surface area contributed by atoms with Gasteiger partial charge in [0.05, 0.1) is 14.2 Å². The molecule has 0 aliphatic heterocycles. The van der Waals surface area contributed by atoms with Gasteiger partial charge in [0.1, 0.15) is 8.65 Å². The molecule has 1 aliphatic rings. The van der Waals surface area contributed by atoms with Gasteiger partial charge in [0.15, 0.2) is 0 Å². The third kappa shape index (κ3) is 1.39. The van der Waals surface area contributed by atoms with Crippen LogP contribution in [0.2, 0.25) is 0 Å². The Morgan fingerprint density at radius 2 is 1.29 bits per heavy atom. The van der Waals surface area contributed by atoms with Crippen molar-refractivity contribution in [2.24, 2.45) is 0 Å². The molecule has 0 radical (unpaired) electrons. The predicted octanol–water partition coefficient (Wildman–Crippen LogP) is 1.39. The van der Waals surface area contributed by atoms with Gasteiger partial charge in [-0.1, -0.05) is 31.9 Å². The molecule has 6 heteroatoms. The largest absolute Gasteiger partial charge is 0.468 e. The number of methoxy groups -OCH3 is 2. The molecule has 0 spiro atoms. The van der Waals surface area contributed by atoms with Crippen LogP contribution in [0.4, 0.5) is 0 Å². The molecular weight excluding hydrogens is 320 g/mol. The molecule has 80 valence electrons. The van der Waals surface area contributed by atoms with E-state index in [4.69, 9.17) is 0 Å². The Morgan fingerprint density at radius 3 is 1.43 bits per heavy atom. The van der Waals surface area contributed by atoms with Gasteiger partial charge < -0.3 is 9.47 Å². The van der Waals surface area contributed by atoms with Gasteiger partial charge in [-0.3, -0.25) is 9.59 Å². The van der Waals surface area contributed by atoms with Crippen molar-refractivity contribution in [3.05, 3.63) is 0 Å². The Kier molecular flexibility index (Phi) is 3.26. The molecule has 0 saturated heterocycles. The minimum atomic E-state index is -0.998. The van der Waals surface area contributed by atoms with Gasteiger partial charge in [0.2, 0.25) is 0 Å². The maximum atomic E-state index is 11.4. The SMILES string of the molecule is COC(=O)[C@]1(Br)CC[C@]1(Br)C(=O)OC. The van der Waals surface area contributed by atoms with Crippen LogP contribution in [-0.4, -0.2) is 34.8 Å². The highest BCUT2D eigenvalue weighted by Gasteiger charge is 2.67. The number of halogens is 2. The van der Waals surface area contributed by atoms with E-state index in [0.717, 1.165) is 0 Å². The van der Waals surface area contributed by atoms with Gasteiger partial charge >= 0.3 is 11.9 Å². The van der Waals surface area contributed by atoms with E-state index in [-0.39, 0.29) is 0 Å². The number of hydrogen-bond acceptors (Lipinski definition) is 4. The molecular formula is C8H10Br2O4. The van der Waals surface area contributed by atoms with E-state index in [1.165, 1.54) is 14.2 Å². The Balaban J connectivity index is 2.93. The second-order valence-electron chi connectivity index (χ2n) is 3.09. The summed E-state index contributed by atoms with van der Waals surface area (Å²) in [5.74, 6) is -0.933. The van der Waals surface area contributed by atoms with E-state index in [9.17, 15) is 9.59 Å². The van der Waals surface area contributed by atoms with Crippen LogP contribution < -0.4 is 0 Å². The van der Waals surface area contributed by atoms with Gasteiger partial charge in [-0.15, -0.1) is 0 Å². The first kappa shape index (κ1) is 12.0. The van der Waals surface area contributed by atoms with Crippen LogP contribution in [0.15, 0.2) is 0 Å². The van der Waals surface area contributed by atoms with Crippen molar-refractivity contribution in [3.8, 4) is 0 Å². The molecule has 0 unspecified atom stereocenters. The van der Waals surface area contributed by atoms with Crippen molar-refractivity contribution in [1.82, 2.24) is 0 Å². The quantitative estimate of drug-likeness (QED) is 0.567. The molecule has 0 aromatic rings. The van der Waals surface area contributed by atoms with Crippen LogP contribution in [-0.2, 0) is 19.1 Å². The summed E-state index contributed by atoms with van der Waals surface area (Å²) in [4.78, 5) is 22.9. The van der Waals surface area contributed by atoms with Crippen molar-refractivity contribution >= 4 is 43.8 Å². The molecule has 0 heterocycles. The standard InChI is InChI=1S/C8H10Br2O4/c1-13-5(11)7(9)3-4-8(7,10)6(12)14-2/h3-4H2,1-2H3/t7-,8+. The highest BCUT2D eigenvalue weighted by atomic mass is 79.9. The van der Waals surface area contributed by atoms with Crippen LogP contribution in [0.1, 0.15) is 12.8 Å². The van der Waals surface area contributed by atoms with E-state index in [1.807, 2.05) is 0 Å². The second kappa shape index (κ2) is 3.81. The summed E-state index contributed by atoms with van der Waals surface area (Å²) in [6.45, 7) is 0. The summed E-state index contributed by atoms with van der Waals surface area (Å²) in [5.41, 5.74) is 0. The summed E-state index contributed by atoms with van der Waals surface area (Å²) in [6.07, 6.45) is 1.08. The average Bonchev–Trinajstić information content (AvgIpc) is 2.22. The van der Waals surface area contributed by atoms with Gasteiger partial charge in [0, 0.05) is 0 Å². The Bertz CT molecular complexity index is 253. The molecule has 1 fully saturated rings. The third-order valence-electron chi connectivity index (χ3n) is 2.46. The highest BCUT2D eigenvalue weighted by molar-refractivity contribution is 9.13. The molecule has 0 bridgehead atoms. The minimum absolute atomic E-state index is 0.467. The molecule has 0 amide bonds. The molecule has 1 saturated carbocycles. The third-order valence-corrected chi connectivity index (χ3v) is 5.79. The lowest BCUT2D eigenvalue weighted by molar-refractivity contribution is -0.157. The monoisotopic (exact) mass is 328 g/mol. The zero-order valence-electron chi connectivity index (χ0n) is 7.80. The van der Waals surface area contributed by atoms with Crippen molar-refractivity contribution in [1.29, 1.82) is 0 Å². The first-order valence-corrected chi connectivity index (χ1v) is 5.55. The number of carbonyl (C=O) groups excluding carboxylic acids is 2. The second-order valence-corrected chi connectivity index (χ2v) is 5.79. The zero-order chi connectivity index (χ0) is 11.0. The summed E-state index contributed by atoms with van der Waals surface area (Å²) < 4.78 is 7.25. The fourth-order valence-electron chi connectivity index (χ4n) is 1.42. The van der Waals surface area contributed by atoms with Gasteiger partial charge in [-0.25, -0.2) is 0 Å². The lowest BCUT2D eigenvalue weighted by Gasteiger charge is -2.47. The first-order valence-electron chi connectivity index (χ1n) is 3.97. The predicted molar refractivity (Wildman–Crippen MR) is 56.6 cm³/mol. The Labute approximate surface area is 98.6 Å². The smallest absolute Gasteiger partial charge is 0.324 e. The first-order chi connectivity index (χ1) is 6.42. The van der Waals surface area contributed by atoms with E-state index in [2.05, 4.69) is 41.3 Å². The molecule has 0 N–H and O–H groups in total. The fraction of sp³-hybridized carbons (Fsp3) is 0.750. The summed E-state index contributed by atoms with van der Waals surface area (Å²) >= 11 is 6.47. The van der Waals surface area contributed by atoms with Crippen molar-refractivity contribution in [3.63, 3.8) is 0 Å². The number of hydrogen-bond donors (Lipinski definition) is 0. The lowest BCUT2D eigenvalue weighted by Crippen LogP contribution is -2.64. The van der Waals surface area contributed by atoms with Crippen molar-refractivity contribution in [2.75, 3.05) is 14.2 Å². The molecule has 14 heavy (non-hydrogen) atoms.